The summed E-state index contributed by atoms with van der Waals surface area (Å²) in [7, 11) is -3.99. The molecule has 1 rings (SSSR count). The predicted molar refractivity (Wildman–Crippen MR) is 95.2 cm³/mol. The Bertz CT molecular complexity index is 659. The van der Waals surface area contributed by atoms with Crippen molar-refractivity contribution in [2.24, 2.45) is 0 Å². The topological polar surface area (TPSA) is 90.9 Å². The van der Waals surface area contributed by atoms with Crippen molar-refractivity contribution in [1.82, 2.24) is 5.32 Å². The van der Waals surface area contributed by atoms with Crippen LogP contribution in [0.1, 0.15) is 31.1 Å². The first-order chi connectivity index (χ1) is 11.8. The van der Waals surface area contributed by atoms with Crippen LogP contribution >= 0.6 is 30.8 Å². The summed E-state index contributed by atoms with van der Waals surface area (Å²) in [6.45, 7) is 4.83. The molecule has 0 aliphatic heterocycles. The molecule has 10 heteroatoms. The number of rotatable bonds is 9. The van der Waals surface area contributed by atoms with Gasteiger partial charge >= 0.3 is 13.6 Å². The highest BCUT2D eigenvalue weighted by Gasteiger charge is 2.43. The molecule has 0 radical (unpaired) electrons. The molecular weight excluding hydrogens is 392 g/mol. The van der Waals surface area contributed by atoms with Crippen molar-refractivity contribution in [2.75, 3.05) is 19.8 Å². The van der Waals surface area contributed by atoms with Gasteiger partial charge in [0.25, 0.3) is 5.91 Å². The number of hydrogen-bond acceptors (Lipinski definition) is 6. The highest BCUT2D eigenvalue weighted by molar-refractivity contribution is 7.55. The maximum absolute atomic E-state index is 12.9. The number of carbonyl (C=O) groups is 2. The number of carbonyl (C=O) groups excluding carboxylic acids is 2. The van der Waals surface area contributed by atoms with Gasteiger partial charge in [0.2, 0.25) is 5.78 Å². The maximum atomic E-state index is 12.9. The lowest BCUT2D eigenvalue weighted by molar-refractivity contribution is -0.143. The fraction of sp³-hybridized carbons (Fsp3) is 0.467. The van der Waals surface area contributed by atoms with Crippen molar-refractivity contribution in [3.05, 3.63) is 33.8 Å². The molecule has 0 saturated carbocycles. The smallest absolute Gasteiger partial charge is 0.364 e. The van der Waals surface area contributed by atoms with E-state index in [4.69, 9.17) is 37.0 Å². The fourth-order valence-electron chi connectivity index (χ4n) is 1.91. The van der Waals surface area contributed by atoms with Crippen molar-refractivity contribution in [3.8, 4) is 0 Å². The van der Waals surface area contributed by atoms with Gasteiger partial charge in [-0.3, -0.25) is 9.36 Å². The van der Waals surface area contributed by atoms with Gasteiger partial charge in [-0.2, -0.15) is 0 Å². The first kappa shape index (κ1) is 21.9. The lowest BCUT2D eigenvalue weighted by atomic mass is 10.2. The number of benzene rings is 1. The Morgan fingerprint density at radius 3 is 2.20 bits per heavy atom. The van der Waals surface area contributed by atoms with Gasteiger partial charge in [0.05, 0.1) is 30.4 Å². The molecule has 0 unspecified atom stereocenters. The van der Waals surface area contributed by atoms with Crippen molar-refractivity contribution in [2.45, 2.75) is 26.6 Å². The second-order valence-electron chi connectivity index (χ2n) is 4.63. The number of hydrogen-bond donors (Lipinski definition) is 1. The molecule has 0 bridgehead atoms. The molecule has 1 aromatic carbocycles. The first-order valence-electron chi connectivity index (χ1n) is 7.60. The Morgan fingerprint density at radius 2 is 1.72 bits per heavy atom. The van der Waals surface area contributed by atoms with E-state index in [1.165, 1.54) is 18.2 Å². The van der Waals surface area contributed by atoms with E-state index in [0.29, 0.717) is 5.02 Å². The molecular formula is C15H20Cl2NO6P. The van der Waals surface area contributed by atoms with E-state index in [0.717, 1.165) is 0 Å². The first-order valence-corrected chi connectivity index (χ1v) is 9.97. The van der Waals surface area contributed by atoms with E-state index in [1.807, 2.05) is 0 Å². The predicted octanol–water partition coefficient (Wildman–Crippen LogP) is 3.88. The van der Waals surface area contributed by atoms with E-state index in [2.05, 4.69) is 5.32 Å². The SMILES string of the molecule is CCOC(=O)[C@H](NC(=O)c1ccc(Cl)cc1Cl)P(=O)(OCC)OCC. The van der Waals surface area contributed by atoms with Crippen LogP contribution in [-0.2, 0) is 23.1 Å². The van der Waals surface area contributed by atoms with E-state index in [1.54, 1.807) is 20.8 Å². The number of amides is 1. The summed E-state index contributed by atoms with van der Waals surface area (Å²) in [5.41, 5.74) is 0.0555. The van der Waals surface area contributed by atoms with Gasteiger partial charge in [-0.15, -0.1) is 0 Å². The van der Waals surface area contributed by atoms with Crippen LogP contribution in [0.4, 0.5) is 0 Å². The Labute approximate surface area is 156 Å². The average molecular weight is 412 g/mol. The van der Waals surface area contributed by atoms with E-state index >= 15 is 0 Å². The molecule has 0 heterocycles. The molecule has 140 valence electrons. The third kappa shape index (κ3) is 5.97. The van der Waals surface area contributed by atoms with Crippen LogP contribution in [0, 0.1) is 0 Å². The Morgan fingerprint density at radius 1 is 1.12 bits per heavy atom. The molecule has 0 aromatic heterocycles. The highest BCUT2D eigenvalue weighted by atomic mass is 35.5. The van der Waals surface area contributed by atoms with Crippen LogP contribution in [0.3, 0.4) is 0 Å². The van der Waals surface area contributed by atoms with Gasteiger partial charge < -0.3 is 19.1 Å². The molecule has 7 nitrogen and oxygen atoms in total. The fourth-order valence-corrected chi connectivity index (χ4v) is 4.10. The zero-order chi connectivity index (χ0) is 19.0. The van der Waals surface area contributed by atoms with E-state index < -0.39 is 25.3 Å². The summed E-state index contributed by atoms with van der Waals surface area (Å²) in [6, 6.07) is 4.23. The Kier molecular flexibility index (Phi) is 8.89. The monoisotopic (exact) mass is 411 g/mol. The van der Waals surface area contributed by atoms with Crippen molar-refractivity contribution >= 4 is 42.7 Å². The zero-order valence-electron chi connectivity index (χ0n) is 14.1. The van der Waals surface area contributed by atoms with Crippen LogP contribution in [0.25, 0.3) is 0 Å². The molecule has 0 saturated heterocycles. The molecule has 0 aliphatic rings. The van der Waals surface area contributed by atoms with Crippen LogP contribution in [0.15, 0.2) is 18.2 Å². The lowest BCUT2D eigenvalue weighted by Crippen LogP contribution is -2.42. The molecule has 1 aromatic rings. The molecule has 1 N–H and O–H groups in total. The second kappa shape index (κ2) is 10.1. The quantitative estimate of drug-likeness (QED) is 0.489. The molecule has 1 atom stereocenters. The minimum Gasteiger partial charge on any atom is -0.464 e. The molecule has 1 amide bonds. The van der Waals surface area contributed by atoms with E-state index in [9.17, 15) is 14.2 Å². The van der Waals surface area contributed by atoms with Crippen LogP contribution in [0.2, 0.25) is 10.0 Å². The minimum atomic E-state index is -3.99. The Hall–Kier alpha value is -1.11. The van der Waals surface area contributed by atoms with Gasteiger partial charge in [0, 0.05) is 5.02 Å². The molecule has 25 heavy (non-hydrogen) atoms. The van der Waals surface area contributed by atoms with Crippen LogP contribution in [0.5, 0.6) is 0 Å². The number of halogens is 2. The number of ether oxygens (including phenoxy) is 1. The van der Waals surface area contributed by atoms with Crippen molar-refractivity contribution < 1.29 is 27.9 Å². The van der Waals surface area contributed by atoms with Gasteiger partial charge in [0.15, 0.2) is 0 Å². The normalized spacial score (nSPS) is 12.5. The second-order valence-corrected chi connectivity index (χ2v) is 7.58. The number of nitrogens with one attached hydrogen (secondary N) is 1. The van der Waals surface area contributed by atoms with Crippen molar-refractivity contribution in [1.29, 1.82) is 0 Å². The van der Waals surface area contributed by atoms with Gasteiger partial charge in [0.1, 0.15) is 0 Å². The van der Waals surface area contributed by atoms with Crippen molar-refractivity contribution in [3.63, 3.8) is 0 Å². The summed E-state index contributed by atoms with van der Waals surface area (Å²) < 4.78 is 28.1. The average Bonchev–Trinajstić information content (AvgIpc) is 2.52. The molecule has 0 aliphatic carbocycles. The largest absolute Gasteiger partial charge is 0.464 e. The van der Waals surface area contributed by atoms with Crippen LogP contribution in [-0.4, -0.2) is 37.5 Å². The van der Waals surface area contributed by atoms with Crippen LogP contribution < -0.4 is 5.32 Å². The summed E-state index contributed by atoms with van der Waals surface area (Å²) >= 11 is 11.8. The molecule has 0 fully saturated rings. The lowest BCUT2D eigenvalue weighted by Gasteiger charge is -2.25. The summed E-state index contributed by atoms with van der Waals surface area (Å²) in [5, 5.41) is 2.76. The Balaban J connectivity index is 3.17. The maximum Gasteiger partial charge on any atom is 0.364 e. The third-order valence-electron chi connectivity index (χ3n) is 2.89. The van der Waals surface area contributed by atoms with Gasteiger partial charge in [-0.05, 0) is 39.0 Å². The minimum absolute atomic E-state index is 0.0186. The van der Waals surface area contributed by atoms with Gasteiger partial charge in [-0.1, -0.05) is 23.2 Å². The summed E-state index contributed by atoms with van der Waals surface area (Å²) in [5.74, 6) is -3.28. The molecule has 0 spiro atoms. The van der Waals surface area contributed by atoms with E-state index in [-0.39, 0.29) is 30.4 Å². The summed E-state index contributed by atoms with van der Waals surface area (Å²) in [6.07, 6.45) is 0. The zero-order valence-corrected chi connectivity index (χ0v) is 16.5. The van der Waals surface area contributed by atoms with Gasteiger partial charge in [-0.25, -0.2) is 4.79 Å². The number of esters is 1. The standard InChI is InChI=1S/C15H20Cl2NO6P/c1-4-22-15(20)14(25(21,23-5-2)24-6-3)18-13(19)11-8-7-10(16)9-12(11)17/h7-9,14H,4-6H2,1-3H3,(H,18,19)/t14-/m1/s1. The third-order valence-corrected chi connectivity index (χ3v) is 5.64. The summed E-state index contributed by atoms with van der Waals surface area (Å²) in [4.78, 5) is 24.7. The highest BCUT2D eigenvalue weighted by Crippen LogP contribution is 2.52.